The Morgan fingerprint density at radius 3 is 2.47 bits per heavy atom. The molecule has 3 rings (SSSR count). The number of unbranched alkanes of at least 4 members (excludes halogenated alkanes) is 2. The molecule has 1 heterocycles. The third-order valence-electron chi connectivity index (χ3n) is 5.12. The molecule has 3 aromatic rings. The number of carbonyl (C=O) groups is 2. The van der Waals surface area contributed by atoms with Crippen LogP contribution in [-0.2, 0) is 11.3 Å². The number of benzene rings is 2. The Bertz CT molecular complexity index is 1090. The number of nitrogens with one attached hydrogen (secondary N) is 1. The Kier molecular flexibility index (Phi) is 8.14. The van der Waals surface area contributed by atoms with Gasteiger partial charge in [-0.25, -0.2) is 0 Å². The summed E-state index contributed by atoms with van der Waals surface area (Å²) in [5, 5.41) is 22.2. The molecule has 0 bridgehead atoms. The van der Waals surface area contributed by atoms with Crippen LogP contribution < -0.4 is 5.32 Å². The van der Waals surface area contributed by atoms with Crippen LogP contribution in [-0.4, -0.2) is 28.0 Å². The Labute approximate surface area is 188 Å². The third kappa shape index (κ3) is 6.03. The summed E-state index contributed by atoms with van der Waals surface area (Å²) in [6.45, 7) is 5.36. The van der Waals surface area contributed by atoms with E-state index in [9.17, 15) is 14.7 Å². The van der Waals surface area contributed by atoms with Crippen LogP contribution in [0.25, 0.3) is 10.9 Å². The molecule has 0 saturated heterocycles. The predicted molar refractivity (Wildman–Crippen MR) is 125 cm³/mol. The lowest BCUT2D eigenvalue weighted by atomic mass is 10.2. The van der Waals surface area contributed by atoms with E-state index >= 15 is 0 Å². The van der Waals surface area contributed by atoms with E-state index in [1.807, 2.05) is 47.0 Å². The molecule has 2 aromatic carbocycles. The minimum Gasteiger partial charge on any atom is -0.493 e. The average molecular weight is 435 g/mol. The van der Waals surface area contributed by atoms with Gasteiger partial charge in [0.25, 0.3) is 11.8 Å². The molecule has 0 atom stereocenters. The van der Waals surface area contributed by atoms with Crippen molar-refractivity contribution in [1.82, 2.24) is 9.88 Å². The summed E-state index contributed by atoms with van der Waals surface area (Å²) in [5.74, 6) is -0.0310. The van der Waals surface area contributed by atoms with Crippen molar-refractivity contribution in [3.63, 3.8) is 0 Å². The molecule has 0 aliphatic carbocycles. The molecule has 1 aromatic heterocycles. The van der Waals surface area contributed by atoms with Crippen molar-refractivity contribution in [3.05, 3.63) is 60.2 Å². The van der Waals surface area contributed by atoms with Gasteiger partial charge in [-0.15, -0.1) is 10.2 Å². The summed E-state index contributed by atoms with van der Waals surface area (Å²) in [4.78, 5) is 24.1. The number of azo groups is 1. The van der Waals surface area contributed by atoms with Gasteiger partial charge in [-0.05, 0) is 37.0 Å². The highest BCUT2D eigenvalue weighted by molar-refractivity contribution is 5.95. The number of aromatic nitrogens is 1. The molecule has 0 radical (unpaired) electrons. The first-order chi connectivity index (χ1) is 15.5. The van der Waals surface area contributed by atoms with E-state index in [0.717, 1.165) is 23.7 Å². The lowest BCUT2D eigenvalue weighted by molar-refractivity contribution is -0.118. The van der Waals surface area contributed by atoms with E-state index in [2.05, 4.69) is 29.4 Å². The molecule has 32 heavy (non-hydrogen) atoms. The van der Waals surface area contributed by atoms with Gasteiger partial charge < -0.3 is 15.0 Å². The van der Waals surface area contributed by atoms with Gasteiger partial charge in [0.15, 0.2) is 5.69 Å². The number of rotatable bonds is 10. The maximum Gasteiger partial charge on any atom is 0.264 e. The van der Waals surface area contributed by atoms with E-state index in [1.165, 1.54) is 0 Å². The van der Waals surface area contributed by atoms with Gasteiger partial charge in [0, 0.05) is 30.5 Å². The second-order valence-electron chi connectivity index (χ2n) is 8.22. The van der Waals surface area contributed by atoms with Crippen molar-refractivity contribution in [1.29, 1.82) is 0 Å². The Morgan fingerprint density at radius 2 is 1.72 bits per heavy atom. The summed E-state index contributed by atoms with van der Waals surface area (Å²) < 4.78 is 1.81. The largest absolute Gasteiger partial charge is 0.493 e. The number of fused-ring (bicyclic) bond motifs is 1. The summed E-state index contributed by atoms with van der Waals surface area (Å²) in [6.07, 6.45) is 2.53. The van der Waals surface area contributed by atoms with Crippen LogP contribution >= 0.6 is 0 Å². The SMILES string of the molecule is CC(C)Cn1c(O)c(N=NC(=O)CCCCCNC(=O)c2ccccc2)c2ccccc21. The first-order valence-electron chi connectivity index (χ1n) is 11.1. The van der Waals surface area contributed by atoms with Gasteiger partial charge in [-0.1, -0.05) is 56.7 Å². The Balaban J connectivity index is 1.47. The molecule has 0 saturated carbocycles. The van der Waals surface area contributed by atoms with E-state index < -0.39 is 0 Å². The van der Waals surface area contributed by atoms with Gasteiger partial charge in [0.1, 0.15) is 0 Å². The van der Waals surface area contributed by atoms with Crippen molar-refractivity contribution in [2.75, 3.05) is 6.54 Å². The maximum absolute atomic E-state index is 12.2. The average Bonchev–Trinajstić information content (AvgIpc) is 3.05. The molecule has 168 valence electrons. The van der Waals surface area contributed by atoms with Crippen molar-refractivity contribution >= 4 is 28.4 Å². The fourth-order valence-electron chi connectivity index (χ4n) is 3.55. The van der Waals surface area contributed by atoms with Crippen molar-refractivity contribution in [2.45, 2.75) is 46.1 Å². The fourth-order valence-corrected chi connectivity index (χ4v) is 3.55. The highest BCUT2D eigenvalue weighted by Gasteiger charge is 2.17. The minimum absolute atomic E-state index is 0.0330. The standard InChI is InChI=1S/C25H30N4O3/c1-18(2)17-29-21-14-9-8-13-20(21)23(25(29)32)28-27-22(30)15-7-4-10-16-26-24(31)19-11-5-3-6-12-19/h3,5-6,8-9,11-14,18,32H,4,7,10,15-17H2,1-2H3,(H,26,31). The molecular weight excluding hydrogens is 404 g/mol. The maximum atomic E-state index is 12.2. The lowest BCUT2D eigenvalue weighted by Crippen LogP contribution is -2.24. The zero-order valence-corrected chi connectivity index (χ0v) is 18.6. The molecule has 0 aliphatic heterocycles. The monoisotopic (exact) mass is 434 g/mol. The molecule has 2 amide bonds. The number of aromatic hydroxyl groups is 1. The molecule has 0 spiro atoms. The van der Waals surface area contributed by atoms with E-state index in [1.54, 1.807) is 12.1 Å². The van der Waals surface area contributed by atoms with E-state index in [4.69, 9.17) is 0 Å². The fraction of sp³-hybridized carbons (Fsp3) is 0.360. The van der Waals surface area contributed by atoms with E-state index in [0.29, 0.717) is 36.7 Å². The lowest BCUT2D eigenvalue weighted by Gasteiger charge is -2.09. The normalized spacial score (nSPS) is 11.5. The molecule has 2 N–H and O–H groups in total. The van der Waals surface area contributed by atoms with Crippen LogP contribution in [0.4, 0.5) is 5.69 Å². The smallest absolute Gasteiger partial charge is 0.264 e. The van der Waals surface area contributed by atoms with Crippen molar-refractivity contribution in [3.8, 4) is 5.88 Å². The highest BCUT2D eigenvalue weighted by atomic mass is 16.3. The molecule has 0 unspecified atom stereocenters. The summed E-state index contributed by atoms with van der Waals surface area (Å²) in [6, 6.07) is 16.7. The second kappa shape index (κ2) is 11.2. The molecule has 7 heteroatoms. The number of carbonyl (C=O) groups excluding carboxylic acids is 2. The Hall–Kier alpha value is -3.48. The van der Waals surface area contributed by atoms with Gasteiger partial charge in [0.2, 0.25) is 5.88 Å². The van der Waals surface area contributed by atoms with Crippen LogP contribution in [0.3, 0.4) is 0 Å². The molecule has 0 aliphatic rings. The number of amides is 2. The summed E-state index contributed by atoms with van der Waals surface area (Å²) in [5.41, 5.74) is 1.84. The predicted octanol–water partition coefficient (Wildman–Crippen LogP) is 5.60. The van der Waals surface area contributed by atoms with Crippen molar-refractivity contribution in [2.24, 2.45) is 16.1 Å². The quantitative estimate of drug-likeness (QED) is 0.321. The molecule has 7 nitrogen and oxygen atoms in total. The minimum atomic E-state index is -0.321. The van der Waals surface area contributed by atoms with Crippen LogP contribution in [0.2, 0.25) is 0 Å². The Morgan fingerprint density at radius 1 is 1.00 bits per heavy atom. The third-order valence-corrected chi connectivity index (χ3v) is 5.12. The number of para-hydroxylation sites is 1. The van der Waals surface area contributed by atoms with E-state index in [-0.39, 0.29) is 24.1 Å². The summed E-state index contributed by atoms with van der Waals surface area (Å²) >= 11 is 0. The van der Waals surface area contributed by atoms with Gasteiger partial charge in [-0.2, -0.15) is 0 Å². The summed E-state index contributed by atoms with van der Waals surface area (Å²) in [7, 11) is 0. The van der Waals surface area contributed by atoms with Crippen LogP contribution in [0.5, 0.6) is 5.88 Å². The topological polar surface area (TPSA) is 96.0 Å². The van der Waals surface area contributed by atoms with Crippen LogP contribution in [0, 0.1) is 5.92 Å². The highest BCUT2D eigenvalue weighted by Crippen LogP contribution is 2.39. The van der Waals surface area contributed by atoms with Crippen molar-refractivity contribution < 1.29 is 14.7 Å². The first kappa shape index (κ1) is 23.2. The van der Waals surface area contributed by atoms with Gasteiger partial charge in [-0.3, -0.25) is 9.59 Å². The zero-order valence-electron chi connectivity index (χ0n) is 18.6. The second-order valence-corrected chi connectivity index (χ2v) is 8.22. The van der Waals surface area contributed by atoms with Crippen LogP contribution in [0.15, 0.2) is 64.8 Å². The molecular formula is C25H30N4O3. The number of hydrogen-bond donors (Lipinski definition) is 2. The number of nitrogens with zero attached hydrogens (tertiary/aromatic N) is 3. The molecule has 0 fully saturated rings. The van der Waals surface area contributed by atoms with Crippen LogP contribution in [0.1, 0.15) is 49.9 Å². The number of hydrogen-bond acceptors (Lipinski definition) is 4. The van der Waals surface area contributed by atoms with Gasteiger partial charge >= 0.3 is 0 Å². The first-order valence-corrected chi connectivity index (χ1v) is 11.1. The van der Waals surface area contributed by atoms with Gasteiger partial charge in [0.05, 0.1) is 5.52 Å². The zero-order chi connectivity index (χ0) is 22.9.